The Morgan fingerprint density at radius 1 is 1.24 bits per heavy atom. The Kier molecular flexibility index (Phi) is 6.33. The number of rotatable bonds is 8. The van der Waals surface area contributed by atoms with E-state index >= 15 is 0 Å². The first kappa shape index (κ1) is 13.7. The minimum atomic E-state index is -0.699. The van der Waals surface area contributed by atoms with Crippen molar-refractivity contribution < 1.29 is 9.90 Å². The van der Waals surface area contributed by atoms with E-state index in [-0.39, 0.29) is 6.42 Å². The number of unbranched alkanes of at least 4 members (excludes halogenated alkanes) is 2. The van der Waals surface area contributed by atoms with Gasteiger partial charge in [0.05, 0.1) is 0 Å². The quantitative estimate of drug-likeness (QED) is 0.681. The summed E-state index contributed by atoms with van der Waals surface area (Å²) in [6, 6.07) is 10.7. The van der Waals surface area contributed by atoms with Crippen molar-refractivity contribution in [1.29, 1.82) is 0 Å². The molecule has 17 heavy (non-hydrogen) atoms. The predicted molar refractivity (Wildman–Crippen MR) is 69.0 cm³/mol. The minimum Gasteiger partial charge on any atom is -0.481 e. The zero-order chi connectivity index (χ0) is 12.5. The van der Waals surface area contributed by atoms with Crippen molar-refractivity contribution in [3.63, 3.8) is 0 Å². The van der Waals surface area contributed by atoms with Gasteiger partial charge in [0.2, 0.25) is 0 Å². The summed E-state index contributed by atoms with van der Waals surface area (Å²) in [6.45, 7) is 3.09. The first-order valence-corrected chi connectivity index (χ1v) is 6.20. The third-order valence-corrected chi connectivity index (χ3v) is 2.82. The second-order valence-corrected chi connectivity index (χ2v) is 4.29. The highest BCUT2D eigenvalue weighted by molar-refractivity contribution is 5.66. The zero-order valence-corrected chi connectivity index (χ0v) is 10.4. The second kappa shape index (κ2) is 7.85. The molecular weight excluding hydrogens is 214 g/mol. The van der Waals surface area contributed by atoms with Crippen LogP contribution in [0.15, 0.2) is 30.3 Å². The Morgan fingerprint density at radius 3 is 2.59 bits per heavy atom. The van der Waals surface area contributed by atoms with Crippen molar-refractivity contribution in [3.05, 3.63) is 35.9 Å². The number of carbonyl (C=O) groups is 1. The smallest absolute Gasteiger partial charge is 0.303 e. The average molecular weight is 235 g/mol. The topological polar surface area (TPSA) is 49.3 Å². The Hall–Kier alpha value is -1.35. The number of carboxylic acid groups (broad SMARTS) is 1. The molecule has 94 valence electrons. The molecule has 0 saturated heterocycles. The van der Waals surface area contributed by atoms with Crippen LogP contribution in [0, 0.1) is 0 Å². The summed E-state index contributed by atoms with van der Waals surface area (Å²) in [5.41, 5.74) is 1.29. The van der Waals surface area contributed by atoms with Crippen LogP contribution in [0.1, 0.15) is 44.2 Å². The molecule has 0 saturated carbocycles. The molecule has 1 aromatic carbocycles. The van der Waals surface area contributed by atoms with Crippen LogP contribution in [-0.4, -0.2) is 17.6 Å². The lowest BCUT2D eigenvalue weighted by atomic mass is 10.1. The van der Waals surface area contributed by atoms with Gasteiger partial charge in [-0.15, -0.1) is 0 Å². The maximum Gasteiger partial charge on any atom is 0.303 e. The van der Waals surface area contributed by atoms with E-state index in [1.807, 2.05) is 18.2 Å². The van der Waals surface area contributed by atoms with E-state index in [1.165, 1.54) is 5.56 Å². The van der Waals surface area contributed by atoms with Crippen LogP contribution in [0.4, 0.5) is 0 Å². The monoisotopic (exact) mass is 235 g/mol. The van der Waals surface area contributed by atoms with Crippen LogP contribution < -0.4 is 5.32 Å². The second-order valence-electron chi connectivity index (χ2n) is 4.29. The molecule has 0 aliphatic heterocycles. The third-order valence-electron chi connectivity index (χ3n) is 2.82. The van der Waals surface area contributed by atoms with E-state index in [9.17, 15) is 4.79 Å². The standard InChI is InChI=1S/C14H21NO2/c1-12(13-8-4-2-5-9-13)15-11-7-3-6-10-14(16)17/h2,4-5,8-9,12,15H,3,6-7,10-11H2,1H3,(H,16,17)/t12-/m1/s1. The van der Waals surface area contributed by atoms with Gasteiger partial charge >= 0.3 is 5.97 Å². The van der Waals surface area contributed by atoms with Crippen LogP contribution in [0.5, 0.6) is 0 Å². The summed E-state index contributed by atoms with van der Waals surface area (Å²) in [5.74, 6) is -0.699. The van der Waals surface area contributed by atoms with Gasteiger partial charge in [-0.05, 0) is 31.9 Å². The molecule has 0 spiro atoms. The molecule has 1 aromatic rings. The Morgan fingerprint density at radius 2 is 1.94 bits per heavy atom. The fraction of sp³-hybridized carbons (Fsp3) is 0.500. The minimum absolute atomic E-state index is 0.286. The maximum atomic E-state index is 10.3. The molecule has 1 atom stereocenters. The van der Waals surface area contributed by atoms with Crippen LogP contribution in [-0.2, 0) is 4.79 Å². The number of benzene rings is 1. The molecule has 0 unspecified atom stereocenters. The summed E-state index contributed by atoms with van der Waals surface area (Å²) in [5, 5.41) is 11.9. The highest BCUT2D eigenvalue weighted by Crippen LogP contribution is 2.11. The molecule has 0 fully saturated rings. The average Bonchev–Trinajstić information content (AvgIpc) is 2.34. The van der Waals surface area contributed by atoms with Crippen LogP contribution in [0.2, 0.25) is 0 Å². The fourth-order valence-electron chi connectivity index (χ4n) is 1.76. The van der Waals surface area contributed by atoms with E-state index in [0.717, 1.165) is 25.8 Å². The molecule has 0 aliphatic rings. The first-order valence-electron chi connectivity index (χ1n) is 6.20. The van der Waals surface area contributed by atoms with Crippen LogP contribution in [0.3, 0.4) is 0 Å². The van der Waals surface area contributed by atoms with E-state index in [0.29, 0.717) is 6.04 Å². The van der Waals surface area contributed by atoms with Crippen molar-refractivity contribution in [2.24, 2.45) is 0 Å². The van der Waals surface area contributed by atoms with Gasteiger partial charge in [0.25, 0.3) is 0 Å². The lowest BCUT2D eigenvalue weighted by molar-refractivity contribution is -0.137. The van der Waals surface area contributed by atoms with Gasteiger partial charge in [-0.3, -0.25) is 4.79 Å². The number of aliphatic carboxylic acids is 1. The molecule has 0 heterocycles. The Balaban J connectivity index is 2.09. The third kappa shape index (κ3) is 6.07. The van der Waals surface area contributed by atoms with Crippen molar-refractivity contribution >= 4 is 5.97 Å². The van der Waals surface area contributed by atoms with Crippen molar-refractivity contribution in [3.8, 4) is 0 Å². The first-order chi connectivity index (χ1) is 8.20. The van der Waals surface area contributed by atoms with E-state index < -0.39 is 5.97 Å². The molecule has 0 amide bonds. The number of hydrogen-bond acceptors (Lipinski definition) is 2. The van der Waals surface area contributed by atoms with Gasteiger partial charge in [-0.25, -0.2) is 0 Å². The highest BCUT2D eigenvalue weighted by atomic mass is 16.4. The van der Waals surface area contributed by atoms with Crippen molar-refractivity contribution in [2.75, 3.05) is 6.54 Å². The SMILES string of the molecule is C[C@@H](NCCCCCC(=O)O)c1ccccc1. The summed E-state index contributed by atoms with van der Waals surface area (Å²) < 4.78 is 0. The molecule has 3 heteroatoms. The molecule has 0 radical (unpaired) electrons. The van der Waals surface area contributed by atoms with Gasteiger partial charge in [0.15, 0.2) is 0 Å². The Bertz CT molecular complexity index is 324. The lowest BCUT2D eigenvalue weighted by Gasteiger charge is -2.13. The van der Waals surface area contributed by atoms with Gasteiger partial charge in [0.1, 0.15) is 0 Å². The summed E-state index contributed by atoms with van der Waals surface area (Å²) in [4.78, 5) is 10.3. The van der Waals surface area contributed by atoms with Crippen molar-refractivity contribution in [2.45, 2.75) is 38.6 Å². The largest absolute Gasteiger partial charge is 0.481 e. The van der Waals surface area contributed by atoms with Crippen LogP contribution in [0.25, 0.3) is 0 Å². The molecule has 0 aromatic heterocycles. The van der Waals surface area contributed by atoms with Gasteiger partial charge in [0, 0.05) is 12.5 Å². The molecule has 3 nitrogen and oxygen atoms in total. The summed E-state index contributed by atoms with van der Waals surface area (Å²) in [7, 11) is 0. The predicted octanol–water partition coefficient (Wildman–Crippen LogP) is 2.98. The van der Waals surface area contributed by atoms with Gasteiger partial charge < -0.3 is 10.4 Å². The maximum absolute atomic E-state index is 10.3. The zero-order valence-electron chi connectivity index (χ0n) is 10.4. The molecule has 0 aliphatic carbocycles. The highest BCUT2D eigenvalue weighted by Gasteiger charge is 2.02. The Labute approximate surface area is 103 Å². The normalized spacial score (nSPS) is 12.3. The van der Waals surface area contributed by atoms with E-state index in [4.69, 9.17) is 5.11 Å². The van der Waals surface area contributed by atoms with Gasteiger partial charge in [-0.2, -0.15) is 0 Å². The summed E-state index contributed by atoms with van der Waals surface area (Å²) >= 11 is 0. The number of nitrogens with one attached hydrogen (secondary N) is 1. The fourth-order valence-corrected chi connectivity index (χ4v) is 1.76. The number of hydrogen-bond donors (Lipinski definition) is 2. The molecule has 0 bridgehead atoms. The lowest BCUT2D eigenvalue weighted by Crippen LogP contribution is -2.19. The van der Waals surface area contributed by atoms with Gasteiger partial charge in [-0.1, -0.05) is 36.8 Å². The summed E-state index contributed by atoms with van der Waals surface area (Å²) in [6.07, 6.45) is 3.07. The molecule has 2 N–H and O–H groups in total. The van der Waals surface area contributed by atoms with E-state index in [1.54, 1.807) is 0 Å². The number of carboxylic acids is 1. The van der Waals surface area contributed by atoms with Crippen LogP contribution >= 0.6 is 0 Å². The van der Waals surface area contributed by atoms with E-state index in [2.05, 4.69) is 24.4 Å². The van der Waals surface area contributed by atoms with Crippen molar-refractivity contribution in [1.82, 2.24) is 5.32 Å². The molecule has 1 rings (SSSR count). The molecular formula is C14H21NO2.